The normalized spacial score (nSPS) is 19.6. The molecular formula is C19H28N4O7S. The number of ether oxygens (including phenoxy) is 2. The van der Waals surface area contributed by atoms with Gasteiger partial charge in [0.05, 0.1) is 33.6 Å². The van der Waals surface area contributed by atoms with Crippen LogP contribution in [0.15, 0.2) is 18.2 Å². The van der Waals surface area contributed by atoms with E-state index >= 15 is 0 Å². The summed E-state index contributed by atoms with van der Waals surface area (Å²) < 4.78 is 35.1. The van der Waals surface area contributed by atoms with Crippen molar-refractivity contribution in [3.8, 4) is 11.5 Å². The summed E-state index contributed by atoms with van der Waals surface area (Å²) in [5.41, 5.74) is -0.673. The van der Waals surface area contributed by atoms with Crippen molar-refractivity contribution >= 4 is 27.7 Å². The van der Waals surface area contributed by atoms with E-state index in [1.54, 1.807) is 18.2 Å². The second kappa shape index (κ2) is 9.52. The van der Waals surface area contributed by atoms with Crippen LogP contribution in [0, 0.1) is 0 Å². The topological polar surface area (TPSA) is 134 Å². The van der Waals surface area contributed by atoms with Gasteiger partial charge in [-0.1, -0.05) is 6.07 Å². The zero-order valence-electron chi connectivity index (χ0n) is 18.2. The van der Waals surface area contributed by atoms with Crippen LogP contribution in [0.3, 0.4) is 0 Å². The first-order valence-corrected chi connectivity index (χ1v) is 11.2. The smallest absolute Gasteiger partial charge is 0.247 e. The summed E-state index contributed by atoms with van der Waals surface area (Å²) in [6, 6.07) is 5.21. The summed E-state index contributed by atoms with van der Waals surface area (Å²) in [4.78, 5) is 38.3. The maximum atomic E-state index is 12.7. The van der Waals surface area contributed by atoms with Gasteiger partial charge in [-0.05, 0) is 24.6 Å². The number of piperazine rings is 1. The first-order chi connectivity index (χ1) is 14.4. The number of hydrogen-bond acceptors (Lipinski definition) is 7. The van der Waals surface area contributed by atoms with Gasteiger partial charge < -0.3 is 25.0 Å². The maximum Gasteiger partial charge on any atom is 0.247 e. The van der Waals surface area contributed by atoms with E-state index in [2.05, 4.69) is 10.6 Å². The highest BCUT2D eigenvalue weighted by molar-refractivity contribution is 7.88. The van der Waals surface area contributed by atoms with Gasteiger partial charge in [-0.3, -0.25) is 14.4 Å². The predicted molar refractivity (Wildman–Crippen MR) is 112 cm³/mol. The molecule has 0 spiro atoms. The van der Waals surface area contributed by atoms with Crippen LogP contribution in [0.5, 0.6) is 11.5 Å². The molecule has 0 saturated carbocycles. The molecule has 1 saturated heterocycles. The molecule has 1 aliphatic heterocycles. The van der Waals surface area contributed by atoms with Crippen LogP contribution in [0.1, 0.15) is 12.5 Å². The van der Waals surface area contributed by atoms with Crippen LogP contribution in [0.4, 0.5) is 0 Å². The van der Waals surface area contributed by atoms with Crippen LogP contribution < -0.4 is 20.1 Å². The van der Waals surface area contributed by atoms with Gasteiger partial charge in [0.2, 0.25) is 27.7 Å². The molecule has 11 nitrogen and oxygen atoms in total. The fraction of sp³-hybridized carbons (Fsp3) is 0.526. The lowest BCUT2D eigenvalue weighted by atomic mass is 9.96. The molecule has 12 heteroatoms. The van der Waals surface area contributed by atoms with Gasteiger partial charge in [0.25, 0.3) is 0 Å². The predicted octanol–water partition coefficient (Wildman–Crippen LogP) is -1.07. The van der Waals surface area contributed by atoms with Crippen LogP contribution >= 0.6 is 0 Å². The Kier molecular flexibility index (Phi) is 7.49. The molecule has 0 unspecified atom stereocenters. The number of carbonyl (C=O) groups is 3. The number of nitrogens with one attached hydrogen (secondary N) is 2. The van der Waals surface area contributed by atoms with Crippen molar-refractivity contribution in [2.45, 2.75) is 19.0 Å². The Morgan fingerprint density at radius 2 is 1.81 bits per heavy atom. The molecule has 172 valence electrons. The fourth-order valence-electron chi connectivity index (χ4n) is 3.10. The molecule has 0 bridgehead atoms. The zero-order chi connectivity index (χ0) is 23.4. The van der Waals surface area contributed by atoms with Gasteiger partial charge >= 0.3 is 0 Å². The van der Waals surface area contributed by atoms with Crippen LogP contribution in [0.25, 0.3) is 0 Å². The second-order valence-electron chi connectivity index (χ2n) is 7.41. The zero-order valence-corrected chi connectivity index (χ0v) is 19.0. The molecule has 3 amide bonds. The van der Waals surface area contributed by atoms with Crippen molar-refractivity contribution in [2.24, 2.45) is 0 Å². The third kappa shape index (κ3) is 5.64. The highest BCUT2D eigenvalue weighted by atomic mass is 32.2. The van der Waals surface area contributed by atoms with Crippen molar-refractivity contribution in [1.29, 1.82) is 0 Å². The number of nitrogens with zero attached hydrogens (tertiary/aromatic N) is 2. The largest absolute Gasteiger partial charge is 0.493 e. The number of rotatable bonds is 8. The Labute approximate surface area is 181 Å². The van der Waals surface area contributed by atoms with Crippen molar-refractivity contribution in [1.82, 2.24) is 19.8 Å². The van der Waals surface area contributed by atoms with E-state index in [-0.39, 0.29) is 26.2 Å². The highest BCUT2D eigenvalue weighted by Crippen LogP contribution is 2.27. The number of hydrogen-bond donors (Lipinski definition) is 2. The van der Waals surface area contributed by atoms with Crippen LogP contribution in [0.2, 0.25) is 0 Å². The van der Waals surface area contributed by atoms with Crippen molar-refractivity contribution in [3.63, 3.8) is 0 Å². The lowest BCUT2D eigenvalue weighted by molar-refractivity contribution is -0.150. The monoisotopic (exact) mass is 456 g/mol. The SMILES string of the molecule is COc1ccc(CNC(=O)CNC(=O)[C@]2(C)CN(S(C)(=O)=O)CC(=O)N2C)cc1OC. The summed E-state index contributed by atoms with van der Waals surface area (Å²) in [7, 11) is 0.799. The quantitative estimate of drug-likeness (QED) is 0.509. The minimum atomic E-state index is -3.66. The van der Waals surface area contributed by atoms with Crippen LogP contribution in [-0.2, 0) is 31.0 Å². The number of sulfonamides is 1. The second-order valence-corrected chi connectivity index (χ2v) is 9.39. The summed E-state index contributed by atoms with van der Waals surface area (Å²) in [5.74, 6) is -0.495. The van der Waals surface area contributed by atoms with Crippen molar-refractivity contribution in [2.75, 3.05) is 47.2 Å². The third-order valence-electron chi connectivity index (χ3n) is 5.22. The molecule has 1 aromatic carbocycles. The minimum absolute atomic E-state index is 0.201. The Balaban J connectivity index is 1.96. The van der Waals surface area contributed by atoms with Gasteiger partial charge in [0, 0.05) is 20.1 Å². The Hall–Kier alpha value is -2.86. The van der Waals surface area contributed by atoms with E-state index < -0.39 is 33.3 Å². The molecule has 1 aliphatic rings. The standard InChI is InChI=1S/C19H28N4O7S/c1-19(12-23(31(5,27)28)11-17(25)22(19)2)18(26)21-10-16(24)20-9-13-6-7-14(29-3)15(8-13)30-4/h6-8H,9-12H2,1-5H3,(H,20,24)(H,21,26)/t19-/m0/s1. The molecular weight excluding hydrogens is 428 g/mol. The number of amides is 3. The van der Waals surface area contributed by atoms with E-state index in [4.69, 9.17) is 9.47 Å². The molecule has 1 fully saturated rings. The van der Waals surface area contributed by atoms with Crippen LogP contribution in [-0.4, -0.2) is 88.0 Å². The molecule has 0 aromatic heterocycles. The fourth-order valence-corrected chi connectivity index (χ4v) is 3.93. The van der Waals surface area contributed by atoms with E-state index in [1.165, 1.54) is 33.1 Å². The summed E-state index contributed by atoms with van der Waals surface area (Å²) >= 11 is 0. The number of methoxy groups -OCH3 is 2. The first-order valence-electron chi connectivity index (χ1n) is 9.40. The average molecular weight is 457 g/mol. The molecule has 1 atom stereocenters. The Bertz CT molecular complexity index is 966. The van der Waals surface area contributed by atoms with E-state index in [9.17, 15) is 22.8 Å². The van der Waals surface area contributed by atoms with Crippen molar-refractivity contribution < 1.29 is 32.3 Å². The van der Waals surface area contributed by atoms with Gasteiger partial charge in [-0.15, -0.1) is 0 Å². The highest BCUT2D eigenvalue weighted by Gasteiger charge is 2.47. The average Bonchev–Trinajstić information content (AvgIpc) is 2.72. The lowest BCUT2D eigenvalue weighted by Crippen LogP contribution is -2.68. The van der Waals surface area contributed by atoms with E-state index in [0.29, 0.717) is 11.5 Å². The number of benzene rings is 1. The summed E-state index contributed by atoms with van der Waals surface area (Å²) in [5, 5.41) is 5.16. The number of likely N-dealkylation sites (N-methyl/N-ethyl adjacent to an activating group) is 1. The summed E-state index contributed by atoms with van der Waals surface area (Å²) in [6.07, 6.45) is 0.978. The lowest BCUT2D eigenvalue weighted by Gasteiger charge is -2.44. The molecule has 1 aromatic rings. The molecule has 2 rings (SSSR count). The third-order valence-corrected chi connectivity index (χ3v) is 6.41. The van der Waals surface area contributed by atoms with E-state index in [0.717, 1.165) is 16.1 Å². The summed E-state index contributed by atoms with van der Waals surface area (Å²) in [6.45, 7) is 0.797. The van der Waals surface area contributed by atoms with Crippen molar-refractivity contribution in [3.05, 3.63) is 23.8 Å². The molecule has 0 radical (unpaired) electrons. The maximum absolute atomic E-state index is 12.7. The molecule has 2 N–H and O–H groups in total. The minimum Gasteiger partial charge on any atom is -0.493 e. The molecule has 0 aliphatic carbocycles. The first kappa shape index (κ1) is 24.4. The molecule has 31 heavy (non-hydrogen) atoms. The van der Waals surface area contributed by atoms with E-state index in [1.807, 2.05) is 0 Å². The van der Waals surface area contributed by atoms with Gasteiger partial charge in [0.15, 0.2) is 11.5 Å². The van der Waals surface area contributed by atoms with Gasteiger partial charge in [-0.25, -0.2) is 8.42 Å². The Morgan fingerprint density at radius 1 is 1.16 bits per heavy atom. The molecule has 1 heterocycles. The number of carbonyl (C=O) groups excluding carboxylic acids is 3. The van der Waals surface area contributed by atoms with Gasteiger partial charge in [0.1, 0.15) is 5.54 Å². The van der Waals surface area contributed by atoms with Gasteiger partial charge in [-0.2, -0.15) is 4.31 Å². The Morgan fingerprint density at radius 3 is 2.39 bits per heavy atom.